The van der Waals surface area contributed by atoms with Crippen LogP contribution < -0.4 is 10.6 Å². The normalized spacial score (nSPS) is 10.3. The van der Waals surface area contributed by atoms with Gasteiger partial charge < -0.3 is 10.6 Å². The molecular weight excluding hydrogens is 348 g/mol. The lowest BCUT2D eigenvalue weighted by Gasteiger charge is -2.09. The molecule has 0 aliphatic heterocycles. The molecule has 0 aromatic heterocycles. The molecule has 0 saturated heterocycles. The lowest BCUT2D eigenvalue weighted by atomic mass is 10.1. The van der Waals surface area contributed by atoms with Gasteiger partial charge in [-0.2, -0.15) is 0 Å². The molecule has 142 valence electrons. The molecule has 4 heteroatoms. The summed E-state index contributed by atoms with van der Waals surface area (Å²) in [6.07, 6.45) is 0.784. The number of amides is 2. The Morgan fingerprint density at radius 1 is 0.714 bits per heavy atom. The Balaban J connectivity index is 1.50. The minimum atomic E-state index is -0.153. The van der Waals surface area contributed by atoms with Crippen molar-refractivity contribution >= 4 is 11.8 Å². The van der Waals surface area contributed by atoms with Crippen LogP contribution in [0.4, 0.5) is 0 Å². The van der Waals surface area contributed by atoms with Gasteiger partial charge in [0.1, 0.15) is 0 Å². The van der Waals surface area contributed by atoms with Crippen molar-refractivity contribution in [2.24, 2.45) is 0 Å². The lowest BCUT2D eigenvalue weighted by Crippen LogP contribution is -2.26. The van der Waals surface area contributed by atoms with E-state index in [1.807, 2.05) is 61.5 Å². The van der Waals surface area contributed by atoms with Gasteiger partial charge in [-0.05, 0) is 54.3 Å². The number of hydrogen-bond donors (Lipinski definition) is 2. The van der Waals surface area contributed by atoms with Crippen molar-refractivity contribution < 1.29 is 9.59 Å². The summed E-state index contributed by atoms with van der Waals surface area (Å²) in [4.78, 5) is 24.6. The summed E-state index contributed by atoms with van der Waals surface area (Å²) < 4.78 is 0. The van der Waals surface area contributed by atoms with E-state index in [0.29, 0.717) is 24.2 Å². The number of aryl methyl sites for hydroxylation is 1. The molecular formula is C24H24N2O2. The largest absolute Gasteiger partial charge is 0.352 e. The second-order valence-electron chi connectivity index (χ2n) is 6.68. The van der Waals surface area contributed by atoms with Gasteiger partial charge in [0, 0.05) is 24.2 Å². The van der Waals surface area contributed by atoms with Crippen molar-refractivity contribution in [1.82, 2.24) is 10.6 Å². The van der Waals surface area contributed by atoms with Crippen LogP contribution in [0.2, 0.25) is 0 Å². The second kappa shape index (κ2) is 9.51. The van der Waals surface area contributed by atoms with E-state index in [9.17, 15) is 9.59 Å². The quantitative estimate of drug-likeness (QED) is 0.661. The SMILES string of the molecule is Cc1ccccc1CNC(=O)c1ccc(C(=O)NCCc2ccccc2)cc1. The van der Waals surface area contributed by atoms with E-state index in [1.54, 1.807) is 24.3 Å². The summed E-state index contributed by atoms with van der Waals surface area (Å²) in [5.74, 6) is -0.290. The summed E-state index contributed by atoms with van der Waals surface area (Å²) in [6.45, 7) is 3.07. The number of carbonyl (C=O) groups excluding carboxylic acids is 2. The third kappa shape index (κ3) is 5.30. The average molecular weight is 372 g/mol. The van der Waals surface area contributed by atoms with Crippen LogP contribution in [0.25, 0.3) is 0 Å². The van der Waals surface area contributed by atoms with E-state index < -0.39 is 0 Å². The zero-order chi connectivity index (χ0) is 19.8. The number of carbonyl (C=O) groups is 2. The molecule has 0 radical (unpaired) electrons. The Hall–Kier alpha value is -3.40. The predicted molar refractivity (Wildman–Crippen MR) is 111 cm³/mol. The first-order valence-corrected chi connectivity index (χ1v) is 9.38. The number of nitrogens with one attached hydrogen (secondary N) is 2. The molecule has 2 N–H and O–H groups in total. The standard InChI is InChI=1S/C24H24N2O2/c1-18-7-5-6-10-22(18)17-26-24(28)21-13-11-20(12-14-21)23(27)25-16-15-19-8-3-2-4-9-19/h2-14H,15-17H2,1H3,(H,25,27)(H,26,28). The first-order chi connectivity index (χ1) is 13.6. The van der Waals surface area contributed by atoms with Crippen LogP contribution in [-0.2, 0) is 13.0 Å². The Morgan fingerprint density at radius 3 is 1.93 bits per heavy atom. The highest BCUT2D eigenvalue weighted by atomic mass is 16.2. The van der Waals surface area contributed by atoms with Crippen LogP contribution in [0.3, 0.4) is 0 Å². The molecule has 0 atom stereocenters. The minimum Gasteiger partial charge on any atom is -0.352 e. The monoisotopic (exact) mass is 372 g/mol. The van der Waals surface area contributed by atoms with Crippen LogP contribution in [0.1, 0.15) is 37.4 Å². The van der Waals surface area contributed by atoms with E-state index in [-0.39, 0.29) is 11.8 Å². The summed E-state index contributed by atoms with van der Waals surface area (Å²) in [5, 5.41) is 5.83. The van der Waals surface area contributed by atoms with Gasteiger partial charge in [0.05, 0.1) is 0 Å². The predicted octanol–water partition coefficient (Wildman–Crippen LogP) is 3.90. The number of rotatable bonds is 7. The maximum atomic E-state index is 12.3. The number of benzene rings is 3. The molecule has 0 bridgehead atoms. The van der Waals surface area contributed by atoms with Gasteiger partial charge in [-0.1, -0.05) is 54.6 Å². The Bertz CT molecular complexity index is 934. The Kier molecular flexibility index (Phi) is 6.58. The van der Waals surface area contributed by atoms with E-state index >= 15 is 0 Å². The topological polar surface area (TPSA) is 58.2 Å². The maximum absolute atomic E-state index is 12.3. The Labute approximate surface area is 165 Å². The second-order valence-corrected chi connectivity index (χ2v) is 6.68. The molecule has 0 aliphatic rings. The molecule has 3 aromatic rings. The summed E-state index contributed by atoms with van der Waals surface area (Å²) in [7, 11) is 0. The van der Waals surface area contributed by atoms with E-state index in [1.165, 1.54) is 5.56 Å². The van der Waals surface area contributed by atoms with Crippen molar-refractivity contribution in [3.63, 3.8) is 0 Å². The molecule has 3 rings (SSSR count). The smallest absolute Gasteiger partial charge is 0.251 e. The van der Waals surface area contributed by atoms with Gasteiger partial charge in [-0.3, -0.25) is 9.59 Å². The molecule has 3 aromatic carbocycles. The zero-order valence-electron chi connectivity index (χ0n) is 15.9. The summed E-state index contributed by atoms with van der Waals surface area (Å²) in [5.41, 5.74) is 4.50. The van der Waals surface area contributed by atoms with Gasteiger partial charge in [-0.15, -0.1) is 0 Å². The van der Waals surface area contributed by atoms with Gasteiger partial charge in [0.25, 0.3) is 11.8 Å². The average Bonchev–Trinajstić information content (AvgIpc) is 2.74. The first kappa shape index (κ1) is 19.4. The highest BCUT2D eigenvalue weighted by Crippen LogP contribution is 2.08. The van der Waals surface area contributed by atoms with Crippen LogP contribution in [0.5, 0.6) is 0 Å². The van der Waals surface area contributed by atoms with E-state index in [0.717, 1.165) is 17.5 Å². The Morgan fingerprint density at radius 2 is 1.29 bits per heavy atom. The van der Waals surface area contributed by atoms with Crippen molar-refractivity contribution in [2.45, 2.75) is 19.9 Å². The number of hydrogen-bond acceptors (Lipinski definition) is 2. The third-order valence-corrected chi connectivity index (χ3v) is 4.65. The van der Waals surface area contributed by atoms with Crippen LogP contribution >= 0.6 is 0 Å². The van der Waals surface area contributed by atoms with Crippen LogP contribution in [-0.4, -0.2) is 18.4 Å². The minimum absolute atomic E-state index is 0.136. The zero-order valence-corrected chi connectivity index (χ0v) is 15.9. The molecule has 0 spiro atoms. The van der Waals surface area contributed by atoms with Crippen molar-refractivity contribution in [3.05, 3.63) is 107 Å². The molecule has 0 unspecified atom stereocenters. The summed E-state index contributed by atoms with van der Waals surface area (Å²) in [6, 6.07) is 24.7. The van der Waals surface area contributed by atoms with Crippen molar-refractivity contribution in [1.29, 1.82) is 0 Å². The molecule has 0 fully saturated rings. The maximum Gasteiger partial charge on any atom is 0.251 e. The molecule has 4 nitrogen and oxygen atoms in total. The van der Waals surface area contributed by atoms with Crippen molar-refractivity contribution in [3.8, 4) is 0 Å². The fourth-order valence-corrected chi connectivity index (χ4v) is 2.93. The molecule has 0 saturated carbocycles. The fourth-order valence-electron chi connectivity index (χ4n) is 2.93. The van der Waals surface area contributed by atoms with Gasteiger partial charge in [0.15, 0.2) is 0 Å². The third-order valence-electron chi connectivity index (χ3n) is 4.65. The van der Waals surface area contributed by atoms with E-state index in [2.05, 4.69) is 10.6 Å². The molecule has 2 amide bonds. The highest BCUT2D eigenvalue weighted by molar-refractivity contribution is 5.97. The highest BCUT2D eigenvalue weighted by Gasteiger charge is 2.09. The molecule has 0 aliphatic carbocycles. The van der Waals surface area contributed by atoms with Crippen LogP contribution in [0.15, 0.2) is 78.9 Å². The fraction of sp³-hybridized carbons (Fsp3) is 0.167. The van der Waals surface area contributed by atoms with Crippen molar-refractivity contribution in [2.75, 3.05) is 6.54 Å². The molecule has 28 heavy (non-hydrogen) atoms. The van der Waals surface area contributed by atoms with Gasteiger partial charge in [0.2, 0.25) is 0 Å². The lowest BCUT2D eigenvalue weighted by molar-refractivity contribution is 0.0940. The first-order valence-electron chi connectivity index (χ1n) is 9.38. The summed E-state index contributed by atoms with van der Waals surface area (Å²) >= 11 is 0. The van der Waals surface area contributed by atoms with Gasteiger partial charge >= 0.3 is 0 Å². The van der Waals surface area contributed by atoms with Gasteiger partial charge in [-0.25, -0.2) is 0 Å². The molecule has 0 heterocycles. The van der Waals surface area contributed by atoms with Crippen LogP contribution in [0, 0.1) is 6.92 Å². The van der Waals surface area contributed by atoms with E-state index in [4.69, 9.17) is 0 Å².